The number of hydrogen-bond acceptors (Lipinski definition) is 2. The molecule has 0 fully saturated rings. The van der Waals surface area contributed by atoms with E-state index in [-0.39, 0.29) is 0 Å². The standard InChI is InChI=1S/C7H5F3.H2O4S/c8-7(9,10)6-4-2-1-3-5-6;1-5(2,3)4/h1-5H;(H2,1,2,3,4). The normalized spacial score (nSPS) is 11.5. The first-order valence-electron chi connectivity index (χ1n) is 3.43. The molecule has 0 aliphatic rings. The fourth-order valence-corrected chi connectivity index (χ4v) is 0.627. The Kier molecular flexibility index (Phi) is 4.72. The maximum Gasteiger partial charge on any atom is 0.416 e. The molecule has 15 heavy (non-hydrogen) atoms. The van der Waals surface area contributed by atoms with E-state index in [9.17, 15) is 13.2 Å². The second-order valence-corrected chi connectivity index (χ2v) is 3.21. The van der Waals surface area contributed by atoms with Crippen molar-refractivity contribution in [2.75, 3.05) is 0 Å². The van der Waals surface area contributed by atoms with Gasteiger partial charge < -0.3 is 0 Å². The molecule has 2 N–H and O–H groups in total. The van der Waals surface area contributed by atoms with E-state index in [0.717, 1.165) is 12.1 Å². The molecule has 0 amide bonds. The zero-order valence-corrected chi connectivity index (χ0v) is 7.96. The Morgan fingerprint density at radius 2 is 1.33 bits per heavy atom. The molecule has 0 radical (unpaired) electrons. The van der Waals surface area contributed by atoms with Crippen LogP contribution in [0.2, 0.25) is 0 Å². The molecule has 0 unspecified atom stereocenters. The Bertz CT molecular complexity index is 376. The maximum absolute atomic E-state index is 11.8. The molecule has 1 rings (SSSR count). The smallest absolute Gasteiger partial charge is 0.264 e. The Balaban J connectivity index is 0.000000336. The van der Waals surface area contributed by atoms with E-state index < -0.39 is 22.1 Å². The summed E-state index contributed by atoms with van der Waals surface area (Å²) in [5.41, 5.74) is -0.602. The molecule has 1 aromatic carbocycles. The molecule has 0 spiro atoms. The lowest BCUT2D eigenvalue weighted by Gasteiger charge is -2.03. The SMILES string of the molecule is FC(F)(F)c1ccccc1.O=S(=O)(O)O. The third-order valence-corrected chi connectivity index (χ3v) is 1.10. The van der Waals surface area contributed by atoms with Gasteiger partial charge in [0.1, 0.15) is 0 Å². The van der Waals surface area contributed by atoms with Crippen LogP contribution in [0, 0.1) is 0 Å². The van der Waals surface area contributed by atoms with Crippen molar-refractivity contribution in [1.29, 1.82) is 0 Å². The van der Waals surface area contributed by atoms with Crippen molar-refractivity contribution in [3.8, 4) is 0 Å². The van der Waals surface area contributed by atoms with Gasteiger partial charge in [-0.1, -0.05) is 30.3 Å². The van der Waals surface area contributed by atoms with Crippen LogP contribution in [0.25, 0.3) is 0 Å². The topological polar surface area (TPSA) is 74.6 Å². The predicted molar refractivity (Wildman–Crippen MR) is 45.6 cm³/mol. The highest BCUT2D eigenvalue weighted by Crippen LogP contribution is 2.28. The fourth-order valence-electron chi connectivity index (χ4n) is 0.627. The molecule has 0 aliphatic carbocycles. The second-order valence-electron chi connectivity index (χ2n) is 2.31. The van der Waals surface area contributed by atoms with Gasteiger partial charge in [0.25, 0.3) is 0 Å². The molecule has 0 saturated heterocycles. The third-order valence-electron chi connectivity index (χ3n) is 1.10. The van der Waals surface area contributed by atoms with E-state index >= 15 is 0 Å². The Morgan fingerprint density at radius 1 is 1.00 bits per heavy atom. The molecule has 8 heteroatoms. The highest BCUT2D eigenvalue weighted by Gasteiger charge is 2.29. The number of halogens is 3. The predicted octanol–water partition coefficient (Wildman–Crippen LogP) is 2.05. The number of hydrogen-bond donors (Lipinski definition) is 2. The van der Waals surface area contributed by atoms with Crippen LogP contribution in [0.15, 0.2) is 30.3 Å². The Morgan fingerprint density at radius 3 is 1.53 bits per heavy atom. The zero-order valence-electron chi connectivity index (χ0n) is 7.14. The van der Waals surface area contributed by atoms with Crippen molar-refractivity contribution in [2.45, 2.75) is 6.18 Å². The van der Waals surface area contributed by atoms with E-state index in [1.54, 1.807) is 6.07 Å². The van der Waals surface area contributed by atoms with Crippen LogP contribution in [0.5, 0.6) is 0 Å². The largest absolute Gasteiger partial charge is 0.416 e. The zero-order chi connectivity index (χ0) is 12.1. The van der Waals surface area contributed by atoms with Crippen LogP contribution in [0.4, 0.5) is 13.2 Å². The summed E-state index contributed by atoms with van der Waals surface area (Å²) in [4.78, 5) is 0. The Hall–Kier alpha value is -1.12. The lowest BCUT2D eigenvalue weighted by atomic mass is 10.2. The number of rotatable bonds is 0. The van der Waals surface area contributed by atoms with E-state index in [0.29, 0.717) is 0 Å². The van der Waals surface area contributed by atoms with Crippen molar-refractivity contribution in [2.24, 2.45) is 0 Å². The lowest BCUT2D eigenvalue weighted by Crippen LogP contribution is -2.03. The van der Waals surface area contributed by atoms with Crippen molar-refractivity contribution in [3.63, 3.8) is 0 Å². The van der Waals surface area contributed by atoms with Gasteiger partial charge in [0.05, 0.1) is 5.56 Å². The molecule has 0 atom stereocenters. The van der Waals surface area contributed by atoms with Crippen LogP contribution < -0.4 is 0 Å². The first-order valence-corrected chi connectivity index (χ1v) is 4.82. The molecule has 0 saturated carbocycles. The molecular weight excluding hydrogens is 237 g/mol. The molecule has 0 bridgehead atoms. The Labute approximate surface area is 83.9 Å². The van der Waals surface area contributed by atoms with E-state index in [1.807, 2.05) is 0 Å². The highest BCUT2D eigenvalue weighted by molar-refractivity contribution is 7.79. The summed E-state index contributed by atoms with van der Waals surface area (Å²) in [5.74, 6) is 0. The van der Waals surface area contributed by atoms with Gasteiger partial charge in [-0.2, -0.15) is 21.6 Å². The molecule has 0 aromatic heterocycles. The fraction of sp³-hybridized carbons (Fsp3) is 0.143. The maximum atomic E-state index is 11.8. The summed E-state index contributed by atoms with van der Waals surface area (Å²) in [7, 11) is -4.67. The quantitative estimate of drug-likeness (QED) is 0.685. The van der Waals surface area contributed by atoms with Gasteiger partial charge in [-0.05, 0) is 0 Å². The van der Waals surface area contributed by atoms with Gasteiger partial charge in [0.15, 0.2) is 0 Å². The van der Waals surface area contributed by atoms with Crippen LogP contribution >= 0.6 is 0 Å². The monoisotopic (exact) mass is 244 g/mol. The van der Waals surface area contributed by atoms with Gasteiger partial charge in [0, 0.05) is 0 Å². The van der Waals surface area contributed by atoms with Crippen molar-refractivity contribution >= 4 is 10.4 Å². The minimum absolute atomic E-state index is 0.602. The van der Waals surface area contributed by atoms with Crippen LogP contribution in [-0.4, -0.2) is 17.5 Å². The summed E-state index contributed by atoms with van der Waals surface area (Å²) in [6.07, 6.45) is -4.21. The third kappa shape index (κ3) is 9.19. The van der Waals surface area contributed by atoms with Gasteiger partial charge in [0.2, 0.25) is 0 Å². The summed E-state index contributed by atoms with van der Waals surface area (Å²) >= 11 is 0. The summed E-state index contributed by atoms with van der Waals surface area (Å²) in [5, 5.41) is 0. The molecule has 86 valence electrons. The van der Waals surface area contributed by atoms with Crippen molar-refractivity contribution in [3.05, 3.63) is 35.9 Å². The average Bonchev–Trinajstić information content (AvgIpc) is 2.01. The van der Waals surface area contributed by atoms with E-state index in [4.69, 9.17) is 17.5 Å². The molecular formula is C7H7F3O4S. The van der Waals surface area contributed by atoms with Crippen molar-refractivity contribution < 1.29 is 30.7 Å². The molecule has 1 aromatic rings. The first-order chi connectivity index (χ1) is 6.61. The lowest BCUT2D eigenvalue weighted by molar-refractivity contribution is -0.137. The molecule has 0 heterocycles. The van der Waals surface area contributed by atoms with Gasteiger partial charge in [-0.3, -0.25) is 9.11 Å². The van der Waals surface area contributed by atoms with Crippen LogP contribution in [0.3, 0.4) is 0 Å². The summed E-state index contributed by atoms with van der Waals surface area (Å²) < 4.78 is 66.9. The van der Waals surface area contributed by atoms with Crippen molar-refractivity contribution in [1.82, 2.24) is 0 Å². The number of benzene rings is 1. The summed E-state index contributed by atoms with van der Waals surface area (Å²) in [6, 6.07) is 6.36. The minimum Gasteiger partial charge on any atom is -0.264 e. The molecule has 4 nitrogen and oxygen atoms in total. The average molecular weight is 244 g/mol. The minimum atomic E-state index is -4.67. The first kappa shape index (κ1) is 13.9. The van der Waals surface area contributed by atoms with Crippen LogP contribution in [0.1, 0.15) is 5.56 Å². The number of alkyl halides is 3. The molecule has 0 aliphatic heterocycles. The van der Waals surface area contributed by atoms with E-state index in [2.05, 4.69) is 0 Å². The second kappa shape index (κ2) is 5.10. The summed E-state index contributed by atoms with van der Waals surface area (Å²) in [6.45, 7) is 0. The highest BCUT2D eigenvalue weighted by atomic mass is 32.3. The van der Waals surface area contributed by atoms with Gasteiger partial charge in [-0.15, -0.1) is 0 Å². The van der Waals surface area contributed by atoms with Gasteiger partial charge >= 0.3 is 16.6 Å². The van der Waals surface area contributed by atoms with E-state index in [1.165, 1.54) is 12.1 Å². The van der Waals surface area contributed by atoms with Gasteiger partial charge in [-0.25, -0.2) is 0 Å². The van der Waals surface area contributed by atoms with Crippen LogP contribution in [-0.2, 0) is 16.6 Å².